The molecular weight excluding hydrogens is 178 g/mol. The van der Waals surface area contributed by atoms with Crippen LogP contribution in [0.5, 0.6) is 0 Å². The highest BCUT2D eigenvalue weighted by Gasteiger charge is 2.21. The van der Waals surface area contributed by atoms with Gasteiger partial charge in [-0.2, -0.15) is 0 Å². The summed E-state index contributed by atoms with van der Waals surface area (Å²) in [6.45, 7) is 4.07. The number of furan rings is 1. The number of ether oxygens (including phenoxy) is 1. The molecule has 1 rings (SSSR count). The predicted molar refractivity (Wildman–Crippen MR) is 56.1 cm³/mol. The molecule has 80 valence electrons. The first kappa shape index (κ1) is 11.3. The first-order chi connectivity index (χ1) is 6.53. The molecule has 0 spiro atoms. The van der Waals surface area contributed by atoms with Crippen molar-refractivity contribution >= 4 is 0 Å². The zero-order chi connectivity index (χ0) is 10.6. The Morgan fingerprint density at radius 2 is 2.29 bits per heavy atom. The molecule has 1 aromatic rings. The van der Waals surface area contributed by atoms with E-state index >= 15 is 0 Å². The largest absolute Gasteiger partial charge is 0.469 e. The van der Waals surface area contributed by atoms with E-state index in [-0.39, 0.29) is 11.6 Å². The normalized spacial score (nSPS) is 14.3. The van der Waals surface area contributed by atoms with E-state index in [4.69, 9.17) is 14.9 Å². The molecule has 0 amide bonds. The van der Waals surface area contributed by atoms with E-state index in [1.807, 2.05) is 26.0 Å². The fraction of sp³-hybridized carbons (Fsp3) is 0.636. The molecule has 0 aliphatic heterocycles. The van der Waals surface area contributed by atoms with Crippen molar-refractivity contribution in [2.24, 2.45) is 5.73 Å². The summed E-state index contributed by atoms with van der Waals surface area (Å²) in [5.41, 5.74) is 5.83. The molecular formula is C11H19NO2. The maximum atomic E-state index is 5.99. The zero-order valence-electron chi connectivity index (χ0n) is 9.12. The van der Waals surface area contributed by atoms with Crippen LogP contribution >= 0.6 is 0 Å². The van der Waals surface area contributed by atoms with Crippen LogP contribution in [0, 0.1) is 0 Å². The first-order valence-electron chi connectivity index (χ1n) is 4.86. The smallest absolute Gasteiger partial charge is 0.105 e. The van der Waals surface area contributed by atoms with Gasteiger partial charge in [-0.15, -0.1) is 0 Å². The fourth-order valence-corrected chi connectivity index (χ4v) is 1.47. The molecule has 3 heteroatoms. The van der Waals surface area contributed by atoms with E-state index < -0.39 is 0 Å². The van der Waals surface area contributed by atoms with Gasteiger partial charge in [0.2, 0.25) is 0 Å². The van der Waals surface area contributed by atoms with Gasteiger partial charge < -0.3 is 14.9 Å². The maximum Gasteiger partial charge on any atom is 0.105 e. The quantitative estimate of drug-likeness (QED) is 0.785. The standard InChI is InChI=1S/C11H19NO2/c1-11(2,13-3)8-9(12)7-10-5-4-6-14-10/h4-6,9H,7-8,12H2,1-3H3. The third-order valence-electron chi connectivity index (χ3n) is 2.35. The van der Waals surface area contributed by atoms with Crippen LogP contribution in [0.1, 0.15) is 26.0 Å². The molecule has 1 heterocycles. The minimum Gasteiger partial charge on any atom is -0.469 e. The summed E-state index contributed by atoms with van der Waals surface area (Å²) in [5, 5.41) is 0. The summed E-state index contributed by atoms with van der Waals surface area (Å²) in [4.78, 5) is 0. The molecule has 0 saturated carbocycles. The molecule has 1 atom stereocenters. The summed E-state index contributed by atoms with van der Waals surface area (Å²) in [7, 11) is 1.71. The predicted octanol–water partition coefficient (Wildman–Crippen LogP) is 1.96. The number of rotatable bonds is 5. The van der Waals surface area contributed by atoms with Gasteiger partial charge in [-0.05, 0) is 32.4 Å². The average Bonchev–Trinajstić information content (AvgIpc) is 2.55. The Bertz CT molecular complexity index is 254. The second-order valence-corrected chi connectivity index (χ2v) is 4.21. The Hall–Kier alpha value is -0.800. The Labute approximate surface area is 85.2 Å². The van der Waals surface area contributed by atoms with Gasteiger partial charge in [0.05, 0.1) is 11.9 Å². The number of hydrogen-bond donors (Lipinski definition) is 1. The van der Waals surface area contributed by atoms with E-state index in [9.17, 15) is 0 Å². The summed E-state index contributed by atoms with van der Waals surface area (Å²) in [6, 6.07) is 3.90. The fourth-order valence-electron chi connectivity index (χ4n) is 1.47. The van der Waals surface area contributed by atoms with Crippen molar-refractivity contribution in [3.05, 3.63) is 24.2 Å². The van der Waals surface area contributed by atoms with Crippen LogP contribution in [0.2, 0.25) is 0 Å². The summed E-state index contributed by atoms with van der Waals surface area (Å²) < 4.78 is 10.5. The average molecular weight is 197 g/mol. The van der Waals surface area contributed by atoms with E-state index in [1.165, 1.54) is 0 Å². The zero-order valence-corrected chi connectivity index (χ0v) is 9.12. The van der Waals surface area contributed by atoms with Gasteiger partial charge in [0, 0.05) is 19.6 Å². The molecule has 0 fully saturated rings. The third kappa shape index (κ3) is 3.52. The molecule has 0 aliphatic rings. The van der Waals surface area contributed by atoms with Crippen molar-refractivity contribution in [2.45, 2.75) is 38.3 Å². The summed E-state index contributed by atoms with van der Waals surface area (Å²) >= 11 is 0. The maximum absolute atomic E-state index is 5.99. The molecule has 0 aliphatic carbocycles. The van der Waals surface area contributed by atoms with Crippen LogP contribution < -0.4 is 5.73 Å². The molecule has 0 saturated heterocycles. The number of nitrogens with two attached hydrogens (primary N) is 1. The van der Waals surface area contributed by atoms with Crippen LogP contribution in [0.3, 0.4) is 0 Å². The van der Waals surface area contributed by atoms with Gasteiger partial charge in [0.25, 0.3) is 0 Å². The third-order valence-corrected chi connectivity index (χ3v) is 2.35. The second-order valence-electron chi connectivity index (χ2n) is 4.21. The van der Waals surface area contributed by atoms with E-state index in [0.717, 1.165) is 18.6 Å². The Morgan fingerprint density at radius 1 is 1.57 bits per heavy atom. The van der Waals surface area contributed by atoms with E-state index in [0.29, 0.717) is 0 Å². The second kappa shape index (κ2) is 4.62. The van der Waals surface area contributed by atoms with Crippen LogP contribution in [0.4, 0.5) is 0 Å². The minimum absolute atomic E-state index is 0.0797. The van der Waals surface area contributed by atoms with Gasteiger partial charge in [0.15, 0.2) is 0 Å². The van der Waals surface area contributed by atoms with Crippen LogP contribution in [0.25, 0.3) is 0 Å². The topological polar surface area (TPSA) is 48.4 Å². The number of methoxy groups -OCH3 is 1. The van der Waals surface area contributed by atoms with Crippen LogP contribution in [0.15, 0.2) is 22.8 Å². The lowest BCUT2D eigenvalue weighted by Crippen LogP contribution is -2.34. The lowest BCUT2D eigenvalue weighted by molar-refractivity contribution is 0.00989. The van der Waals surface area contributed by atoms with Gasteiger partial charge >= 0.3 is 0 Å². The lowest BCUT2D eigenvalue weighted by atomic mass is 9.97. The molecule has 0 aromatic carbocycles. The highest BCUT2D eigenvalue weighted by molar-refractivity contribution is 5.00. The SMILES string of the molecule is COC(C)(C)CC(N)Cc1ccco1. The van der Waals surface area contributed by atoms with E-state index in [2.05, 4.69) is 0 Å². The number of hydrogen-bond acceptors (Lipinski definition) is 3. The highest BCUT2D eigenvalue weighted by Crippen LogP contribution is 2.16. The molecule has 3 nitrogen and oxygen atoms in total. The van der Waals surface area contributed by atoms with Crippen molar-refractivity contribution in [2.75, 3.05) is 7.11 Å². The molecule has 0 radical (unpaired) electrons. The summed E-state index contributed by atoms with van der Waals surface area (Å²) in [6.07, 6.45) is 3.26. The molecule has 14 heavy (non-hydrogen) atoms. The van der Waals surface area contributed by atoms with Gasteiger partial charge in [-0.1, -0.05) is 0 Å². The van der Waals surface area contributed by atoms with Crippen molar-refractivity contribution in [3.8, 4) is 0 Å². The van der Waals surface area contributed by atoms with Crippen molar-refractivity contribution in [1.82, 2.24) is 0 Å². The Balaban J connectivity index is 2.40. The van der Waals surface area contributed by atoms with Crippen molar-refractivity contribution < 1.29 is 9.15 Å². The molecule has 0 bridgehead atoms. The highest BCUT2D eigenvalue weighted by atomic mass is 16.5. The molecule has 2 N–H and O–H groups in total. The van der Waals surface area contributed by atoms with Crippen LogP contribution in [-0.2, 0) is 11.2 Å². The van der Waals surface area contributed by atoms with Gasteiger partial charge in [0.1, 0.15) is 5.76 Å². The Kier molecular flexibility index (Phi) is 3.72. The minimum atomic E-state index is -0.161. The van der Waals surface area contributed by atoms with Crippen LogP contribution in [-0.4, -0.2) is 18.8 Å². The molecule has 1 aromatic heterocycles. The monoisotopic (exact) mass is 197 g/mol. The van der Waals surface area contributed by atoms with Crippen molar-refractivity contribution in [1.29, 1.82) is 0 Å². The van der Waals surface area contributed by atoms with Gasteiger partial charge in [-0.25, -0.2) is 0 Å². The summed E-state index contributed by atoms with van der Waals surface area (Å²) in [5.74, 6) is 0.935. The van der Waals surface area contributed by atoms with E-state index in [1.54, 1.807) is 13.4 Å². The molecule has 1 unspecified atom stereocenters. The Morgan fingerprint density at radius 3 is 2.79 bits per heavy atom. The van der Waals surface area contributed by atoms with Crippen molar-refractivity contribution in [3.63, 3.8) is 0 Å². The lowest BCUT2D eigenvalue weighted by Gasteiger charge is -2.26. The van der Waals surface area contributed by atoms with Gasteiger partial charge in [-0.3, -0.25) is 0 Å². The first-order valence-corrected chi connectivity index (χ1v) is 4.86.